The fourth-order valence-corrected chi connectivity index (χ4v) is 2.60. The van der Waals surface area contributed by atoms with Gasteiger partial charge in [-0.05, 0) is 50.0 Å². The van der Waals surface area contributed by atoms with Crippen LogP contribution >= 0.6 is 11.6 Å². The molecule has 1 aromatic carbocycles. The Bertz CT molecular complexity index is 365. The van der Waals surface area contributed by atoms with Crippen molar-refractivity contribution in [2.75, 3.05) is 32.1 Å². The van der Waals surface area contributed by atoms with Crippen molar-refractivity contribution in [3.8, 4) is 0 Å². The summed E-state index contributed by atoms with van der Waals surface area (Å²) >= 11 is 6.06. The lowest BCUT2D eigenvalue weighted by atomic mass is 9.87. The van der Waals surface area contributed by atoms with E-state index < -0.39 is 0 Å². The molecule has 0 saturated carbocycles. The smallest absolute Gasteiger partial charge is 0.0426 e. The molecule has 0 radical (unpaired) electrons. The molecule has 0 saturated heterocycles. The van der Waals surface area contributed by atoms with Gasteiger partial charge in [0.2, 0.25) is 0 Å². The molecule has 0 spiro atoms. The highest BCUT2D eigenvalue weighted by molar-refractivity contribution is 6.30. The molecule has 2 rings (SSSR count). The van der Waals surface area contributed by atoms with E-state index in [9.17, 15) is 0 Å². The van der Waals surface area contributed by atoms with E-state index in [2.05, 4.69) is 29.4 Å². The van der Waals surface area contributed by atoms with Gasteiger partial charge in [0.25, 0.3) is 0 Å². The molecule has 1 aromatic rings. The van der Waals surface area contributed by atoms with Crippen molar-refractivity contribution < 1.29 is 0 Å². The summed E-state index contributed by atoms with van der Waals surface area (Å²) in [5, 5.41) is 4.06. The molecular weight excluding hydrogens is 220 g/mol. The summed E-state index contributed by atoms with van der Waals surface area (Å²) in [6.07, 6.45) is 2.45. The van der Waals surface area contributed by atoms with Crippen LogP contribution in [-0.4, -0.2) is 27.2 Å². The quantitative estimate of drug-likeness (QED) is 0.871. The molecule has 1 aliphatic rings. The van der Waals surface area contributed by atoms with Crippen molar-refractivity contribution in [1.29, 1.82) is 0 Å². The van der Waals surface area contributed by atoms with Gasteiger partial charge in [-0.2, -0.15) is 0 Å². The van der Waals surface area contributed by atoms with Crippen LogP contribution in [0.15, 0.2) is 18.2 Å². The molecule has 0 fully saturated rings. The summed E-state index contributed by atoms with van der Waals surface area (Å²) in [5.74, 6) is 0.677. The summed E-state index contributed by atoms with van der Waals surface area (Å²) in [6, 6.07) is 6.28. The van der Waals surface area contributed by atoms with Gasteiger partial charge >= 0.3 is 0 Å². The maximum Gasteiger partial charge on any atom is 0.0426 e. The Balaban J connectivity index is 2.25. The summed E-state index contributed by atoms with van der Waals surface area (Å²) in [6.45, 7) is 2.21. The molecule has 1 heterocycles. The second kappa shape index (κ2) is 5.07. The van der Waals surface area contributed by atoms with E-state index in [0.29, 0.717) is 5.92 Å². The van der Waals surface area contributed by atoms with Crippen LogP contribution in [0, 0.1) is 0 Å². The molecule has 0 bridgehead atoms. The number of fused-ring (bicyclic) bond motifs is 1. The van der Waals surface area contributed by atoms with Gasteiger partial charge in [-0.3, -0.25) is 0 Å². The fourth-order valence-electron chi connectivity index (χ4n) is 2.44. The summed E-state index contributed by atoms with van der Waals surface area (Å²) < 4.78 is 0. The second-order valence-corrected chi connectivity index (χ2v) is 4.94. The lowest BCUT2D eigenvalue weighted by Crippen LogP contribution is -2.28. The zero-order chi connectivity index (χ0) is 11.5. The van der Waals surface area contributed by atoms with Gasteiger partial charge in [0, 0.05) is 24.3 Å². The molecule has 88 valence electrons. The zero-order valence-electron chi connectivity index (χ0n) is 9.96. The molecule has 0 aliphatic carbocycles. The Hall–Kier alpha value is -0.730. The monoisotopic (exact) mass is 238 g/mol. The number of nitrogens with zero attached hydrogens (tertiary/aromatic N) is 1. The number of hydrogen-bond acceptors (Lipinski definition) is 2. The number of halogens is 1. The van der Waals surface area contributed by atoms with Crippen LogP contribution in [0.4, 0.5) is 5.69 Å². The first-order valence-corrected chi connectivity index (χ1v) is 6.25. The van der Waals surface area contributed by atoms with E-state index in [1.807, 2.05) is 13.1 Å². The standard InChI is InChI=1S/C13H19ClN2/c1-15-7-5-10-6-8-16(2)13-9-11(14)3-4-12(10)13/h3-4,9-10,15H,5-8H2,1-2H3. The SMILES string of the molecule is CNCCC1CCN(C)c2cc(Cl)ccc21. The van der Waals surface area contributed by atoms with Gasteiger partial charge in [-0.25, -0.2) is 0 Å². The highest BCUT2D eigenvalue weighted by atomic mass is 35.5. The molecule has 0 amide bonds. The first-order chi connectivity index (χ1) is 7.72. The third-order valence-corrected chi connectivity index (χ3v) is 3.63. The maximum atomic E-state index is 6.06. The van der Waals surface area contributed by atoms with Crippen molar-refractivity contribution in [1.82, 2.24) is 5.32 Å². The second-order valence-electron chi connectivity index (χ2n) is 4.50. The molecule has 1 aliphatic heterocycles. The van der Waals surface area contributed by atoms with Crippen molar-refractivity contribution in [3.63, 3.8) is 0 Å². The van der Waals surface area contributed by atoms with E-state index in [0.717, 1.165) is 18.1 Å². The van der Waals surface area contributed by atoms with Crippen molar-refractivity contribution in [3.05, 3.63) is 28.8 Å². The van der Waals surface area contributed by atoms with Crippen molar-refractivity contribution in [2.45, 2.75) is 18.8 Å². The van der Waals surface area contributed by atoms with E-state index >= 15 is 0 Å². The van der Waals surface area contributed by atoms with Crippen LogP contribution in [0.25, 0.3) is 0 Å². The van der Waals surface area contributed by atoms with E-state index in [1.54, 1.807) is 0 Å². The van der Waals surface area contributed by atoms with Crippen LogP contribution in [0.2, 0.25) is 5.02 Å². The Labute approximate surface area is 103 Å². The Morgan fingerprint density at radius 3 is 3.06 bits per heavy atom. The third-order valence-electron chi connectivity index (χ3n) is 3.40. The fraction of sp³-hybridized carbons (Fsp3) is 0.538. The lowest BCUT2D eigenvalue weighted by molar-refractivity contribution is 0.539. The molecule has 3 heteroatoms. The Morgan fingerprint density at radius 1 is 1.50 bits per heavy atom. The molecule has 1 unspecified atom stereocenters. The molecular formula is C13H19ClN2. The maximum absolute atomic E-state index is 6.06. The van der Waals surface area contributed by atoms with Crippen molar-refractivity contribution in [2.24, 2.45) is 0 Å². The number of benzene rings is 1. The average molecular weight is 239 g/mol. The van der Waals surface area contributed by atoms with Crippen LogP contribution in [0.1, 0.15) is 24.3 Å². The normalized spacial score (nSPS) is 19.7. The predicted molar refractivity (Wildman–Crippen MR) is 70.6 cm³/mol. The van der Waals surface area contributed by atoms with Gasteiger partial charge < -0.3 is 10.2 Å². The lowest BCUT2D eigenvalue weighted by Gasteiger charge is -2.33. The van der Waals surface area contributed by atoms with Crippen LogP contribution in [-0.2, 0) is 0 Å². The van der Waals surface area contributed by atoms with Gasteiger partial charge in [0.15, 0.2) is 0 Å². The van der Waals surface area contributed by atoms with E-state index in [1.165, 1.54) is 24.1 Å². The number of anilines is 1. The Morgan fingerprint density at radius 2 is 2.31 bits per heavy atom. The predicted octanol–water partition coefficient (Wildman–Crippen LogP) is 2.87. The molecule has 16 heavy (non-hydrogen) atoms. The van der Waals surface area contributed by atoms with Gasteiger partial charge in [-0.15, -0.1) is 0 Å². The van der Waals surface area contributed by atoms with Crippen LogP contribution < -0.4 is 10.2 Å². The van der Waals surface area contributed by atoms with Gasteiger partial charge in [0.05, 0.1) is 0 Å². The number of rotatable bonds is 3. The minimum atomic E-state index is 0.677. The largest absolute Gasteiger partial charge is 0.374 e. The molecule has 1 N–H and O–H groups in total. The van der Waals surface area contributed by atoms with Crippen LogP contribution in [0.3, 0.4) is 0 Å². The number of nitrogens with one attached hydrogen (secondary N) is 1. The van der Waals surface area contributed by atoms with Crippen molar-refractivity contribution >= 4 is 17.3 Å². The molecule has 1 atom stereocenters. The van der Waals surface area contributed by atoms with Crippen LogP contribution in [0.5, 0.6) is 0 Å². The Kier molecular flexibility index (Phi) is 3.72. The number of hydrogen-bond donors (Lipinski definition) is 1. The zero-order valence-corrected chi connectivity index (χ0v) is 10.7. The summed E-state index contributed by atoms with van der Waals surface area (Å²) in [5.41, 5.74) is 2.76. The molecule has 0 aromatic heterocycles. The van der Waals surface area contributed by atoms with Gasteiger partial charge in [-0.1, -0.05) is 17.7 Å². The summed E-state index contributed by atoms with van der Waals surface area (Å²) in [4.78, 5) is 2.30. The topological polar surface area (TPSA) is 15.3 Å². The highest BCUT2D eigenvalue weighted by Crippen LogP contribution is 2.37. The third kappa shape index (κ3) is 2.33. The molecule has 2 nitrogen and oxygen atoms in total. The average Bonchev–Trinajstić information content (AvgIpc) is 2.29. The minimum absolute atomic E-state index is 0.677. The highest BCUT2D eigenvalue weighted by Gasteiger charge is 2.22. The first-order valence-electron chi connectivity index (χ1n) is 5.87. The van der Waals surface area contributed by atoms with E-state index in [-0.39, 0.29) is 0 Å². The summed E-state index contributed by atoms with van der Waals surface area (Å²) in [7, 11) is 4.15. The first kappa shape index (κ1) is 11.7. The van der Waals surface area contributed by atoms with Gasteiger partial charge in [0.1, 0.15) is 0 Å². The minimum Gasteiger partial charge on any atom is -0.374 e. The van der Waals surface area contributed by atoms with E-state index in [4.69, 9.17) is 11.6 Å².